The number of nitrogens with one attached hydrogen (secondary N) is 2. The number of carboxylic acids is 1. The molecular formula is C16H22N2O3. The van der Waals surface area contributed by atoms with Gasteiger partial charge in [0.1, 0.15) is 5.54 Å². The van der Waals surface area contributed by atoms with E-state index in [1.807, 2.05) is 25.1 Å². The number of aromatic amines is 1. The number of pyridine rings is 1. The lowest BCUT2D eigenvalue weighted by atomic mass is 9.76. The Balaban J connectivity index is 2.03. The molecule has 3 N–H and O–H groups in total. The largest absolute Gasteiger partial charge is 0.480 e. The SMILES string of the molecule is Cc1cc(CCNC2(C(=O)O)CC=CC[C@H]2C)c[nH]c1=O. The minimum absolute atomic E-state index is 0.0531. The van der Waals surface area contributed by atoms with E-state index in [1.54, 1.807) is 13.1 Å². The molecule has 2 atom stereocenters. The number of hydrogen-bond donors (Lipinski definition) is 3. The second-order valence-electron chi connectivity index (χ2n) is 5.79. The van der Waals surface area contributed by atoms with Crippen LogP contribution in [0.1, 0.15) is 30.9 Å². The Hall–Kier alpha value is -1.88. The predicted molar refractivity (Wildman–Crippen MR) is 81.4 cm³/mol. The van der Waals surface area contributed by atoms with E-state index in [4.69, 9.17) is 0 Å². The van der Waals surface area contributed by atoms with Crippen LogP contribution in [0.5, 0.6) is 0 Å². The molecule has 1 heterocycles. The molecule has 0 bridgehead atoms. The fraction of sp³-hybridized carbons (Fsp3) is 0.500. The normalized spacial score (nSPS) is 25.0. The number of hydrogen-bond acceptors (Lipinski definition) is 3. The summed E-state index contributed by atoms with van der Waals surface area (Å²) in [6.45, 7) is 4.30. The summed E-state index contributed by atoms with van der Waals surface area (Å²) in [7, 11) is 0. The number of allylic oxidation sites excluding steroid dienone is 1. The molecular weight excluding hydrogens is 268 g/mol. The van der Waals surface area contributed by atoms with Gasteiger partial charge in [0.25, 0.3) is 5.56 Å². The first kappa shape index (κ1) is 15.5. The number of aromatic nitrogens is 1. The van der Waals surface area contributed by atoms with Crippen LogP contribution in [0.15, 0.2) is 29.2 Å². The van der Waals surface area contributed by atoms with Crippen molar-refractivity contribution >= 4 is 5.97 Å². The maximum Gasteiger partial charge on any atom is 0.324 e. The van der Waals surface area contributed by atoms with Gasteiger partial charge >= 0.3 is 5.97 Å². The van der Waals surface area contributed by atoms with Crippen LogP contribution in [0.2, 0.25) is 0 Å². The number of rotatable bonds is 5. The summed E-state index contributed by atoms with van der Waals surface area (Å²) in [4.78, 5) is 25.7. The molecule has 1 aromatic heterocycles. The van der Waals surface area contributed by atoms with Gasteiger partial charge in [0, 0.05) is 18.3 Å². The second-order valence-corrected chi connectivity index (χ2v) is 5.79. The van der Waals surface area contributed by atoms with E-state index < -0.39 is 11.5 Å². The highest BCUT2D eigenvalue weighted by Gasteiger charge is 2.43. The molecule has 0 radical (unpaired) electrons. The summed E-state index contributed by atoms with van der Waals surface area (Å²) >= 11 is 0. The Bertz CT molecular complexity index is 606. The zero-order valence-corrected chi connectivity index (χ0v) is 12.5. The maximum atomic E-state index is 11.7. The van der Waals surface area contributed by atoms with Crippen molar-refractivity contribution in [2.24, 2.45) is 5.92 Å². The second kappa shape index (κ2) is 6.26. The molecule has 114 valence electrons. The lowest BCUT2D eigenvalue weighted by Gasteiger charge is -2.37. The quantitative estimate of drug-likeness (QED) is 0.720. The Morgan fingerprint density at radius 1 is 1.52 bits per heavy atom. The minimum atomic E-state index is -0.883. The van der Waals surface area contributed by atoms with Crippen molar-refractivity contribution < 1.29 is 9.90 Å². The van der Waals surface area contributed by atoms with E-state index in [0.717, 1.165) is 12.0 Å². The van der Waals surface area contributed by atoms with E-state index in [-0.39, 0.29) is 11.5 Å². The molecule has 21 heavy (non-hydrogen) atoms. The summed E-state index contributed by atoms with van der Waals surface area (Å²) in [5, 5.41) is 12.8. The molecule has 1 unspecified atom stereocenters. The summed E-state index contributed by atoms with van der Waals surface area (Å²) in [5.74, 6) is -0.741. The Morgan fingerprint density at radius 3 is 2.90 bits per heavy atom. The highest BCUT2D eigenvalue weighted by atomic mass is 16.4. The van der Waals surface area contributed by atoms with E-state index in [2.05, 4.69) is 10.3 Å². The van der Waals surface area contributed by atoms with Crippen LogP contribution in [0.4, 0.5) is 0 Å². The van der Waals surface area contributed by atoms with Crippen LogP contribution in [0.25, 0.3) is 0 Å². The molecule has 1 aromatic rings. The molecule has 0 saturated carbocycles. The van der Waals surface area contributed by atoms with Gasteiger partial charge < -0.3 is 15.4 Å². The van der Waals surface area contributed by atoms with E-state index in [9.17, 15) is 14.7 Å². The van der Waals surface area contributed by atoms with Gasteiger partial charge in [-0.05, 0) is 43.7 Å². The minimum Gasteiger partial charge on any atom is -0.480 e. The lowest BCUT2D eigenvalue weighted by Crippen LogP contribution is -2.57. The molecule has 5 heteroatoms. The first-order valence-corrected chi connectivity index (χ1v) is 7.27. The van der Waals surface area contributed by atoms with Gasteiger partial charge in [0.15, 0.2) is 0 Å². The first-order valence-electron chi connectivity index (χ1n) is 7.27. The van der Waals surface area contributed by atoms with Crippen LogP contribution < -0.4 is 10.9 Å². The number of carbonyl (C=O) groups is 1. The van der Waals surface area contributed by atoms with E-state index >= 15 is 0 Å². The standard InChI is InChI=1S/C16H22N2O3/c1-11-9-13(10-17-14(11)19)6-8-18-16(15(20)21)7-4-3-5-12(16)2/h3-4,9-10,12,18H,5-8H2,1-2H3,(H,17,19)(H,20,21)/t12-,16?/m1/s1. The third-order valence-electron chi connectivity index (χ3n) is 4.32. The fourth-order valence-electron chi connectivity index (χ4n) is 2.82. The lowest BCUT2D eigenvalue weighted by molar-refractivity contribution is -0.147. The molecule has 0 spiro atoms. The third kappa shape index (κ3) is 3.24. The van der Waals surface area contributed by atoms with Gasteiger partial charge in [-0.1, -0.05) is 19.1 Å². The average molecular weight is 290 g/mol. The van der Waals surface area contributed by atoms with Crippen LogP contribution in [0, 0.1) is 12.8 Å². The molecule has 0 fully saturated rings. The number of aliphatic carboxylic acids is 1. The molecule has 1 aliphatic rings. The first-order chi connectivity index (χ1) is 9.95. The summed E-state index contributed by atoms with van der Waals surface area (Å²) in [6.07, 6.45) is 7.63. The zero-order chi connectivity index (χ0) is 15.5. The van der Waals surface area contributed by atoms with Crippen LogP contribution in [-0.2, 0) is 11.2 Å². The summed E-state index contributed by atoms with van der Waals surface area (Å²) in [6, 6.07) is 1.85. The van der Waals surface area contributed by atoms with Gasteiger partial charge in [0.05, 0.1) is 0 Å². The molecule has 0 amide bonds. The average Bonchev–Trinajstić information content (AvgIpc) is 2.44. The molecule has 1 aliphatic carbocycles. The third-order valence-corrected chi connectivity index (χ3v) is 4.32. The van der Waals surface area contributed by atoms with Crippen LogP contribution >= 0.6 is 0 Å². The molecule has 0 aromatic carbocycles. The molecule has 0 aliphatic heterocycles. The fourth-order valence-corrected chi connectivity index (χ4v) is 2.82. The van der Waals surface area contributed by atoms with Crippen molar-refractivity contribution in [1.82, 2.24) is 10.3 Å². The van der Waals surface area contributed by atoms with E-state index in [1.165, 1.54) is 0 Å². The zero-order valence-electron chi connectivity index (χ0n) is 12.5. The molecule has 0 saturated heterocycles. The van der Waals surface area contributed by atoms with Gasteiger partial charge in [-0.3, -0.25) is 9.59 Å². The highest BCUT2D eigenvalue weighted by Crippen LogP contribution is 2.30. The van der Waals surface area contributed by atoms with Crippen molar-refractivity contribution in [1.29, 1.82) is 0 Å². The molecule has 2 rings (SSSR count). The van der Waals surface area contributed by atoms with Crippen LogP contribution in [0.3, 0.4) is 0 Å². The molecule has 5 nitrogen and oxygen atoms in total. The van der Waals surface area contributed by atoms with Gasteiger partial charge in [-0.2, -0.15) is 0 Å². The Morgan fingerprint density at radius 2 is 2.29 bits per heavy atom. The van der Waals surface area contributed by atoms with Crippen molar-refractivity contribution in [3.05, 3.63) is 45.9 Å². The number of carboxylic acid groups (broad SMARTS) is 1. The van der Waals surface area contributed by atoms with Crippen molar-refractivity contribution in [3.8, 4) is 0 Å². The summed E-state index contributed by atoms with van der Waals surface area (Å²) in [5.41, 5.74) is 0.708. The van der Waals surface area contributed by atoms with Crippen molar-refractivity contribution in [2.75, 3.05) is 6.54 Å². The van der Waals surface area contributed by atoms with E-state index in [0.29, 0.717) is 24.9 Å². The predicted octanol–water partition coefficient (Wildman–Crippen LogP) is 1.62. The number of H-pyrrole nitrogens is 1. The van der Waals surface area contributed by atoms with Gasteiger partial charge in [-0.15, -0.1) is 0 Å². The Kier molecular flexibility index (Phi) is 4.63. The summed E-state index contributed by atoms with van der Waals surface area (Å²) < 4.78 is 0. The monoisotopic (exact) mass is 290 g/mol. The van der Waals surface area contributed by atoms with Crippen LogP contribution in [-0.4, -0.2) is 28.1 Å². The van der Waals surface area contributed by atoms with Crippen molar-refractivity contribution in [2.45, 2.75) is 38.6 Å². The Labute approximate surface area is 124 Å². The smallest absolute Gasteiger partial charge is 0.324 e. The maximum absolute atomic E-state index is 11.7. The number of aryl methyl sites for hydroxylation is 1. The van der Waals surface area contributed by atoms with Crippen molar-refractivity contribution in [3.63, 3.8) is 0 Å². The van der Waals surface area contributed by atoms with Gasteiger partial charge in [-0.25, -0.2) is 0 Å². The topological polar surface area (TPSA) is 82.2 Å². The van der Waals surface area contributed by atoms with Gasteiger partial charge in [0.2, 0.25) is 0 Å². The highest BCUT2D eigenvalue weighted by molar-refractivity contribution is 5.79.